The van der Waals surface area contributed by atoms with E-state index in [-0.39, 0.29) is 29.3 Å². The second kappa shape index (κ2) is 11.7. The topological polar surface area (TPSA) is 110 Å². The van der Waals surface area contributed by atoms with Gasteiger partial charge >= 0.3 is 0 Å². The van der Waals surface area contributed by atoms with Gasteiger partial charge in [-0.1, -0.05) is 6.92 Å². The quantitative estimate of drug-likeness (QED) is 0.260. The summed E-state index contributed by atoms with van der Waals surface area (Å²) in [6, 6.07) is 8.53. The fourth-order valence-electron chi connectivity index (χ4n) is 5.18. The number of aromatic nitrogens is 3. The zero-order chi connectivity index (χ0) is 28.2. The number of nitrogens with zero attached hydrogens (tertiary/aromatic N) is 3. The van der Waals surface area contributed by atoms with E-state index in [1.807, 2.05) is 13.0 Å². The molecule has 5 rings (SSSR count). The Labute approximate surface area is 230 Å². The minimum atomic E-state index is -1.07. The van der Waals surface area contributed by atoms with Crippen molar-refractivity contribution >= 4 is 29.5 Å². The SMILES string of the molecule is CCc1cc(Nc2nccn3c(-c4ccc(OC)c(F)c4F)cnc23)ccc1C(=O)NC1CCC(NC=O)CC1. The van der Waals surface area contributed by atoms with Crippen molar-refractivity contribution in [1.82, 2.24) is 25.0 Å². The predicted octanol–water partition coefficient (Wildman–Crippen LogP) is 4.78. The zero-order valence-corrected chi connectivity index (χ0v) is 22.2. The second-order valence-electron chi connectivity index (χ2n) is 9.71. The molecule has 0 atom stereocenters. The van der Waals surface area contributed by atoms with Gasteiger partial charge in [0.05, 0.1) is 19.0 Å². The van der Waals surface area contributed by atoms with Crippen LogP contribution in [0.25, 0.3) is 16.9 Å². The fraction of sp³-hybridized carbons (Fsp3) is 0.310. The van der Waals surface area contributed by atoms with E-state index in [9.17, 15) is 18.4 Å². The third-order valence-electron chi connectivity index (χ3n) is 7.33. The average Bonchev–Trinajstić information content (AvgIpc) is 3.40. The molecule has 0 bridgehead atoms. The van der Waals surface area contributed by atoms with Gasteiger partial charge in [0, 0.05) is 41.3 Å². The van der Waals surface area contributed by atoms with Crippen molar-refractivity contribution in [2.45, 2.75) is 51.1 Å². The van der Waals surface area contributed by atoms with Crippen LogP contribution >= 0.6 is 0 Å². The van der Waals surface area contributed by atoms with E-state index in [1.165, 1.54) is 25.4 Å². The molecule has 9 nitrogen and oxygen atoms in total. The first kappa shape index (κ1) is 27.0. The molecule has 0 unspecified atom stereocenters. The number of hydrogen-bond donors (Lipinski definition) is 3. The Morgan fingerprint density at radius 1 is 1.10 bits per heavy atom. The molecule has 3 N–H and O–H groups in total. The Bertz CT molecular complexity index is 1550. The Kier molecular flexibility index (Phi) is 7.90. The molecule has 0 radical (unpaired) electrons. The van der Waals surface area contributed by atoms with Crippen molar-refractivity contribution in [3.05, 3.63) is 71.7 Å². The number of benzene rings is 2. The van der Waals surface area contributed by atoms with Crippen molar-refractivity contribution in [2.75, 3.05) is 12.4 Å². The first-order valence-electron chi connectivity index (χ1n) is 13.2. The van der Waals surface area contributed by atoms with Crippen LogP contribution in [0.4, 0.5) is 20.3 Å². The van der Waals surface area contributed by atoms with E-state index >= 15 is 0 Å². The molecule has 0 aliphatic heterocycles. The van der Waals surface area contributed by atoms with Crippen LogP contribution < -0.4 is 20.7 Å². The van der Waals surface area contributed by atoms with Crippen LogP contribution in [0.3, 0.4) is 0 Å². The first-order chi connectivity index (χ1) is 19.4. The number of ether oxygens (including phenoxy) is 1. The van der Waals surface area contributed by atoms with Crippen LogP contribution in [-0.2, 0) is 11.2 Å². The minimum Gasteiger partial charge on any atom is -0.494 e. The van der Waals surface area contributed by atoms with Crippen LogP contribution in [0.2, 0.25) is 0 Å². The summed E-state index contributed by atoms with van der Waals surface area (Å²) in [6.45, 7) is 1.98. The van der Waals surface area contributed by atoms with Crippen molar-refractivity contribution in [3.8, 4) is 17.0 Å². The Balaban J connectivity index is 1.35. The molecular formula is C29H30F2N6O3. The molecule has 2 aromatic carbocycles. The maximum absolute atomic E-state index is 14.8. The number of fused-ring (bicyclic) bond motifs is 1. The number of nitrogens with one attached hydrogen (secondary N) is 3. The van der Waals surface area contributed by atoms with Gasteiger partial charge in [0.25, 0.3) is 5.91 Å². The zero-order valence-electron chi connectivity index (χ0n) is 22.2. The molecule has 2 heterocycles. The van der Waals surface area contributed by atoms with E-state index in [1.54, 1.807) is 28.9 Å². The number of hydrogen-bond acceptors (Lipinski definition) is 6. The summed E-state index contributed by atoms with van der Waals surface area (Å²) in [4.78, 5) is 32.6. The normalized spacial score (nSPS) is 16.9. The second-order valence-corrected chi connectivity index (χ2v) is 9.71. The standard InChI is InChI=1S/C29H30F2N6O3/c1-3-17-14-20(8-9-21(17)29(39)36-19-6-4-18(5-7-19)34-16-38)35-27-28-33-15-23(37(28)13-12-32-27)22-10-11-24(40-2)26(31)25(22)30/h8-16,18-19H,3-7H2,1-2H3,(H,32,35)(H,34,38)(H,36,39). The molecule has 1 aliphatic rings. The lowest BCUT2D eigenvalue weighted by molar-refractivity contribution is -0.110. The number of amides is 2. The number of methoxy groups -OCH3 is 1. The van der Waals surface area contributed by atoms with Crippen molar-refractivity contribution in [2.24, 2.45) is 0 Å². The van der Waals surface area contributed by atoms with E-state index in [0.717, 1.165) is 37.7 Å². The van der Waals surface area contributed by atoms with E-state index < -0.39 is 11.6 Å². The van der Waals surface area contributed by atoms with Crippen molar-refractivity contribution in [1.29, 1.82) is 0 Å². The lowest BCUT2D eigenvalue weighted by atomic mass is 9.91. The van der Waals surface area contributed by atoms with Gasteiger partial charge in [-0.05, 0) is 68.0 Å². The van der Waals surface area contributed by atoms with Crippen molar-refractivity contribution in [3.63, 3.8) is 0 Å². The monoisotopic (exact) mass is 548 g/mol. The Morgan fingerprint density at radius 2 is 1.88 bits per heavy atom. The van der Waals surface area contributed by atoms with Gasteiger partial charge in [0.1, 0.15) is 0 Å². The van der Waals surface area contributed by atoms with Crippen LogP contribution in [0.15, 0.2) is 48.9 Å². The van der Waals surface area contributed by atoms with Gasteiger partial charge in [-0.2, -0.15) is 4.39 Å². The molecular weight excluding hydrogens is 518 g/mol. The molecule has 4 aromatic rings. The maximum Gasteiger partial charge on any atom is 0.251 e. The Morgan fingerprint density at radius 3 is 2.60 bits per heavy atom. The summed E-state index contributed by atoms with van der Waals surface area (Å²) < 4.78 is 35.6. The number of carbonyl (C=O) groups is 2. The Hall–Kier alpha value is -4.54. The smallest absolute Gasteiger partial charge is 0.251 e. The third kappa shape index (κ3) is 5.31. The van der Waals surface area contributed by atoms with E-state index in [0.29, 0.717) is 34.8 Å². The maximum atomic E-state index is 14.8. The average molecular weight is 549 g/mol. The number of halogens is 2. The van der Waals surface area contributed by atoms with Gasteiger partial charge in [0.2, 0.25) is 12.2 Å². The highest BCUT2D eigenvalue weighted by Gasteiger charge is 2.23. The van der Waals surface area contributed by atoms with Gasteiger partial charge in [-0.15, -0.1) is 0 Å². The van der Waals surface area contributed by atoms with E-state index in [2.05, 4.69) is 25.9 Å². The van der Waals surface area contributed by atoms with Gasteiger partial charge in [-0.25, -0.2) is 14.4 Å². The minimum absolute atomic E-state index is 0.0417. The lowest BCUT2D eigenvalue weighted by Gasteiger charge is -2.29. The van der Waals surface area contributed by atoms with Crippen molar-refractivity contribution < 1.29 is 23.1 Å². The van der Waals surface area contributed by atoms with Gasteiger partial charge < -0.3 is 20.7 Å². The molecule has 11 heteroatoms. The first-order valence-corrected chi connectivity index (χ1v) is 13.2. The summed E-state index contributed by atoms with van der Waals surface area (Å²) in [5.74, 6) is -1.98. The van der Waals surface area contributed by atoms with Crippen LogP contribution in [0.5, 0.6) is 5.75 Å². The summed E-state index contributed by atoms with van der Waals surface area (Å²) in [6.07, 6.45) is 9.29. The molecule has 2 amide bonds. The van der Waals surface area contributed by atoms with Gasteiger partial charge in [-0.3, -0.25) is 14.0 Å². The lowest BCUT2D eigenvalue weighted by Crippen LogP contribution is -2.42. The van der Waals surface area contributed by atoms with Gasteiger partial charge in [0.15, 0.2) is 23.0 Å². The number of carbonyl (C=O) groups excluding carboxylic acids is 2. The molecule has 1 fully saturated rings. The third-order valence-corrected chi connectivity index (χ3v) is 7.33. The summed E-state index contributed by atoms with van der Waals surface area (Å²) in [7, 11) is 1.28. The highest BCUT2D eigenvalue weighted by atomic mass is 19.2. The summed E-state index contributed by atoms with van der Waals surface area (Å²) in [5, 5.41) is 9.20. The highest BCUT2D eigenvalue weighted by Crippen LogP contribution is 2.32. The number of anilines is 2. The number of rotatable bonds is 9. The van der Waals surface area contributed by atoms with Crippen LogP contribution in [0, 0.1) is 11.6 Å². The van der Waals surface area contributed by atoms with E-state index in [4.69, 9.17) is 4.74 Å². The fourth-order valence-corrected chi connectivity index (χ4v) is 5.18. The number of imidazole rings is 1. The van der Waals surface area contributed by atoms with Crippen LogP contribution in [0.1, 0.15) is 48.5 Å². The predicted molar refractivity (Wildman–Crippen MR) is 147 cm³/mol. The highest BCUT2D eigenvalue weighted by molar-refractivity contribution is 5.96. The largest absolute Gasteiger partial charge is 0.494 e. The molecule has 0 saturated heterocycles. The summed E-state index contributed by atoms with van der Waals surface area (Å²) in [5.41, 5.74) is 3.00. The van der Waals surface area contributed by atoms with Crippen LogP contribution in [-0.4, -0.2) is 45.9 Å². The molecule has 0 spiro atoms. The molecule has 208 valence electrons. The number of aryl methyl sites for hydroxylation is 1. The molecule has 1 saturated carbocycles. The molecule has 40 heavy (non-hydrogen) atoms. The molecule has 1 aliphatic carbocycles. The summed E-state index contributed by atoms with van der Waals surface area (Å²) >= 11 is 0. The molecule has 2 aromatic heterocycles.